The molecule has 0 saturated carbocycles. The standard InChI is InChI=1S/C17H16N4O2.H2O4S/c22-17(23)15-5-1-13(2-6-15)9-18-10-14-3-7-16(8-4-14)21-12-19-11-20-21;1-5(2,3)4/h1-8,11-12,18H,9-10H2,(H,22,23);(H2,1,2,3,4). The van der Waals surface area contributed by atoms with Gasteiger partial charge in [0.1, 0.15) is 12.7 Å². The highest BCUT2D eigenvalue weighted by molar-refractivity contribution is 7.79. The molecule has 0 atom stereocenters. The van der Waals surface area contributed by atoms with Crippen molar-refractivity contribution < 1.29 is 27.4 Å². The van der Waals surface area contributed by atoms with Crippen molar-refractivity contribution in [1.29, 1.82) is 0 Å². The van der Waals surface area contributed by atoms with Crippen molar-refractivity contribution in [3.05, 3.63) is 77.9 Å². The summed E-state index contributed by atoms with van der Waals surface area (Å²) in [6, 6.07) is 14.9. The van der Waals surface area contributed by atoms with Crippen molar-refractivity contribution in [2.75, 3.05) is 0 Å². The fourth-order valence-electron chi connectivity index (χ4n) is 2.22. The van der Waals surface area contributed by atoms with E-state index >= 15 is 0 Å². The number of nitrogens with zero attached hydrogens (tertiary/aromatic N) is 3. The Balaban J connectivity index is 0.000000500. The Morgan fingerprint density at radius 2 is 1.46 bits per heavy atom. The number of benzene rings is 2. The number of carbonyl (C=O) groups is 1. The van der Waals surface area contributed by atoms with Gasteiger partial charge >= 0.3 is 16.4 Å². The third-order valence-corrected chi connectivity index (χ3v) is 3.48. The fourth-order valence-corrected chi connectivity index (χ4v) is 2.22. The Morgan fingerprint density at radius 1 is 0.964 bits per heavy atom. The molecular formula is C17H18N4O6S. The second kappa shape index (κ2) is 9.71. The SMILES string of the molecule is O=C(O)c1ccc(CNCc2ccc(-n3cncn3)cc2)cc1.O=S(=O)(O)O. The van der Waals surface area contributed by atoms with E-state index in [2.05, 4.69) is 15.4 Å². The van der Waals surface area contributed by atoms with Crippen LogP contribution in [0.25, 0.3) is 5.69 Å². The molecule has 0 amide bonds. The number of aromatic nitrogens is 3. The maximum Gasteiger partial charge on any atom is 0.394 e. The van der Waals surface area contributed by atoms with Crippen molar-refractivity contribution in [2.45, 2.75) is 13.1 Å². The van der Waals surface area contributed by atoms with Gasteiger partial charge in [0.15, 0.2) is 0 Å². The molecule has 28 heavy (non-hydrogen) atoms. The van der Waals surface area contributed by atoms with Crippen molar-refractivity contribution in [1.82, 2.24) is 20.1 Å². The number of nitrogens with one attached hydrogen (secondary N) is 1. The van der Waals surface area contributed by atoms with Gasteiger partial charge in [-0.3, -0.25) is 9.11 Å². The van der Waals surface area contributed by atoms with Crippen LogP contribution in [0.15, 0.2) is 61.2 Å². The van der Waals surface area contributed by atoms with E-state index in [9.17, 15) is 4.79 Å². The summed E-state index contributed by atoms with van der Waals surface area (Å²) < 4.78 is 33.3. The molecule has 0 unspecified atom stereocenters. The molecular weight excluding hydrogens is 388 g/mol. The molecule has 0 radical (unpaired) electrons. The molecule has 0 saturated heterocycles. The topological polar surface area (TPSA) is 155 Å². The average Bonchev–Trinajstić information content (AvgIpc) is 3.16. The Hall–Kier alpha value is -3.12. The maximum atomic E-state index is 10.8. The van der Waals surface area contributed by atoms with Gasteiger partial charge in [0.05, 0.1) is 11.3 Å². The van der Waals surface area contributed by atoms with E-state index in [1.54, 1.807) is 23.1 Å². The van der Waals surface area contributed by atoms with Crippen LogP contribution in [0.2, 0.25) is 0 Å². The minimum Gasteiger partial charge on any atom is -0.478 e. The van der Waals surface area contributed by atoms with Crippen LogP contribution in [0.4, 0.5) is 0 Å². The van der Waals surface area contributed by atoms with E-state index in [0.717, 1.165) is 23.4 Å². The first-order valence-corrected chi connectivity index (χ1v) is 9.29. The summed E-state index contributed by atoms with van der Waals surface area (Å²) in [5.41, 5.74) is 3.48. The number of rotatable bonds is 6. The number of carboxylic acid groups (broad SMARTS) is 1. The molecule has 1 heterocycles. The predicted octanol–water partition coefficient (Wildman–Crippen LogP) is 1.60. The summed E-state index contributed by atoms with van der Waals surface area (Å²) in [6.45, 7) is 1.42. The Labute approximate surface area is 161 Å². The summed E-state index contributed by atoms with van der Waals surface area (Å²) in [7, 11) is -4.67. The highest BCUT2D eigenvalue weighted by atomic mass is 32.3. The molecule has 3 rings (SSSR count). The second-order valence-corrected chi connectivity index (χ2v) is 6.46. The van der Waals surface area contributed by atoms with Gasteiger partial charge in [-0.2, -0.15) is 13.5 Å². The van der Waals surface area contributed by atoms with Gasteiger partial charge in [-0.15, -0.1) is 0 Å². The van der Waals surface area contributed by atoms with Gasteiger partial charge in [-0.25, -0.2) is 14.5 Å². The van der Waals surface area contributed by atoms with Gasteiger partial charge < -0.3 is 10.4 Å². The summed E-state index contributed by atoms with van der Waals surface area (Å²) >= 11 is 0. The molecule has 0 aliphatic rings. The summed E-state index contributed by atoms with van der Waals surface area (Å²) in [4.78, 5) is 14.7. The number of carboxylic acids is 1. The number of aromatic carboxylic acids is 1. The first-order chi connectivity index (χ1) is 13.2. The molecule has 2 aromatic carbocycles. The molecule has 0 aliphatic carbocycles. The quantitative estimate of drug-likeness (QED) is 0.447. The van der Waals surface area contributed by atoms with Crippen LogP contribution in [0.5, 0.6) is 0 Å². The van der Waals surface area contributed by atoms with Gasteiger partial charge in [0.25, 0.3) is 0 Å². The average molecular weight is 406 g/mol. The first kappa shape index (κ1) is 21.2. The second-order valence-electron chi connectivity index (χ2n) is 5.56. The Morgan fingerprint density at radius 3 is 1.89 bits per heavy atom. The van der Waals surface area contributed by atoms with E-state index in [1.165, 1.54) is 6.33 Å². The van der Waals surface area contributed by atoms with Gasteiger partial charge in [0, 0.05) is 13.1 Å². The first-order valence-electron chi connectivity index (χ1n) is 7.89. The summed E-state index contributed by atoms with van der Waals surface area (Å²) in [5, 5.41) is 16.3. The molecule has 4 N–H and O–H groups in total. The molecule has 11 heteroatoms. The minimum absolute atomic E-state index is 0.303. The number of hydrogen-bond acceptors (Lipinski definition) is 6. The minimum atomic E-state index is -4.67. The van der Waals surface area contributed by atoms with Crippen LogP contribution in [0.3, 0.4) is 0 Å². The van der Waals surface area contributed by atoms with Crippen LogP contribution in [-0.2, 0) is 23.5 Å². The lowest BCUT2D eigenvalue weighted by Crippen LogP contribution is -2.12. The van der Waals surface area contributed by atoms with E-state index in [0.29, 0.717) is 12.1 Å². The molecule has 0 spiro atoms. The molecule has 148 valence electrons. The highest BCUT2D eigenvalue weighted by Crippen LogP contribution is 2.09. The lowest BCUT2D eigenvalue weighted by atomic mass is 10.1. The van der Waals surface area contributed by atoms with Crippen LogP contribution in [0, 0.1) is 0 Å². The Bertz CT molecular complexity index is 979. The maximum absolute atomic E-state index is 10.8. The number of hydrogen-bond donors (Lipinski definition) is 4. The molecule has 10 nitrogen and oxygen atoms in total. The van der Waals surface area contributed by atoms with Crippen LogP contribution < -0.4 is 5.32 Å². The predicted molar refractivity (Wildman–Crippen MR) is 99.5 cm³/mol. The molecule has 0 fully saturated rings. The molecule has 3 aromatic rings. The van der Waals surface area contributed by atoms with E-state index in [4.69, 9.17) is 22.6 Å². The zero-order chi connectivity index (χ0) is 20.6. The Kier molecular flexibility index (Phi) is 7.35. The highest BCUT2D eigenvalue weighted by Gasteiger charge is 2.02. The van der Waals surface area contributed by atoms with Crippen LogP contribution in [0.1, 0.15) is 21.5 Å². The van der Waals surface area contributed by atoms with Crippen molar-refractivity contribution >= 4 is 16.4 Å². The smallest absolute Gasteiger partial charge is 0.394 e. The van der Waals surface area contributed by atoms with Gasteiger partial charge in [-0.1, -0.05) is 24.3 Å². The normalized spacial score (nSPS) is 10.8. The van der Waals surface area contributed by atoms with E-state index in [1.807, 2.05) is 36.4 Å². The molecule has 0 bridgehead atoms. The van der Waals surface area contributed by atoms with Crippen molar-refractivity contribution in [3.63, 3.8) is 0 Å². The lowest BCUT2D eigenvalue weighted by molar-refractivity contribution is 0.0697. The summed E-state index contributed by atoms with van der Waals surface area (Å²) in [5.74, 6) is -0.906. The van der Waals surface area contributed by atoms with Gasteiger partial charge in [0.2, 0.25) is 0 Å². The largest absolute Gasteiger partial charge is 0.478 e. The summed E-state index contributed by atoms with van der Waals surface area (Å²) in [6.07, 6.45) is 3.17. The third-order valence-electron chi connectivity index (χ3n) is 3.48. The van der Waals surface area contributed by atoms with Crippen molar-refractivity contribution in [3.8, 4) is 5.69 Å². The van der Waals surface area contributed by atoms with E-state index in [-0.39, 0.29) is 0 Å². The zero-order valence-electron chi connectivity index (χ0n) is 14.5. The van der Waals surface area contributed by atoms with Gasteiger partial charge in [-0.05, 0) is 35.4 Å². The van der Waals surface area contributed by atoms with Crippen LogP contribution in [-0.4, -0.2) is 43.4 Å². The van der Waals surface area contributed by atoms with E-state index < -0.39 is 16.4 Å². The fraction of sp³-hybridized carbons (Fsp3) is 0.118. The third kappa shape index (κ3) is 7.63. The lowest BCUT2D eigenvalue weighted by Gasteiger charge is -2.07. The monoisotopic (exact) mass is 406 g/mol. The molecule has 1 aromatic heterocycles. The zero-order valence-corrected chi connectivity index (χ0v) is 15.3. The van der Waals surface area contributed by atoms with Crippen LogP contribution >= 0.6 is 0 Å². The molecule has 0 aliphatic heterocycles. The van der Waals surface area contributed by atoms with Crippen molar-refractivity contribution in [2.24, 2.45) is 0 Å².